The van der Waals surface area contributed by atoms with E-state index in [1.807, 2.05) is 39.9 Å². The minimum absolute atomic E-state index is 0.105. The summed E-state index contributed by atoms with van der Waals surface area (Å²) in [7, 11) is 0. The molecule has 1 saturated heterocycles. The Morgan fingerprint density at radius 2 is 1.86 bits per heavy atom. The van der Waals surface area contributed by atoms with Gasteiger partial charge in [-0.15, -0.1) is 0 Å². The Bertz CT molecular complexity index is 699. The maximum absolute atomic E-state index is 12.3. The lowest BCUT2D eigenvalue weighted by molar-refractivity contribution is -0.137. The number of carbonyl (C=O) groups excluding carboxylic acids is 1. The predicted molar refractivity (Wildman–Crippen MR) is 83.7 cm³/mol. The first-order chi connectivity index (χ1) is 10.6. The molecule has 1 N–H and O–H groups in total. The van der Waals surface area contributed by atoms with Crippen molar-refractivity contribution in [3.8, 4) is 0 Å². The number of amides is 1. The molecule has 0 saturated carbocycles. The Morgan fingerprint density at radius 1 is 1.14 bits per heavy atom. The lowest BCUT2D eigenvalue weighted by atomic mass is 10.1. The summed E-state index contributed by atoms with van der Waals surface area (Å²) in [5.41, 5.74) is 1.99. The number of aryl methyl sites for hydroxylation is 1. The van der Waals surface area contributed by atoms with Crippen molar-refractivity contribution in [3.05, 3.63) is 36.0 Å². The fourth-order valence-corrected chi connectivity index (χ4v) is 3.11. The Labute approximate surface area is 129 Å². The van der Waals surface area contributed by atoms with Crippen LogP contribution in [0, 0.1) is 0 Å². The molecule has 3 rings (SSSR count). The zero-order valence-electron chi connectivity index (χ0n) is 12.5. The Hall–Kier alpha value is -2.30. The molecule has 1 aromatic heterocycles. The third-order valence-electron chi connectivity index (χ3n) is 4.24. The highest BCUT2D eigenvalue weighted by molar-refractivity contribution is 5.86. The highest BCUT2D eigenvalue weighted by Crippen LogP contribution is 2.23. The number of rotatable bonds is 5. The second-order valence-corrected chi connectivity index (χ2v) is 5.78. The molecule has 2 aromatic rings. The minimum Gasteiger partial charge on any atom is -0.481 e. The molecule has 2 heterocycles. The molecule has 116 valence electrons. The van der Waals surface area contributed by atoms with Crippen molar-refractivity contribution in [1.82, 2.24) is 9.47 Å². The molecule has 1 aliphatic heterocycles. The molecule has 0 atom stereocenters. The lowest BCUT2D eigenvalue weighted by Crippen LogP contribution is -2.30. The van der Waals surface area contributed by atoms with Gasteiger partial charge >= 0.3 is 5.97 Å². The fraction of sp³-hybridized carbons (Fsp3) is 0.412. The topological polar surface area (TPSA) is 62.5 Å². The van der Waals surface area contributed by atoms with Crippen LogP contribution >= 0.6 is 0 Å². The molecule has 0 unspecified atom stereocenters. The molecule has 0 radical (unpaired) electrons. The number of carboxylic acid groups (broad SMARTS) is 1. The number of fused-ring (bicyclic) bond motifs is 1. The molecule has 0 bridgehead atoms. The van der Waals surface area contributed by atoms with Crippen molar-refractivity contribution in [2.75, 3.05) is 13.1 Å². The van der Waals surface area contributed by atoms with E-state index in [1.54, 1.807) is 0 Å². The molecule has 0 aliphatic carbocycles. The number of hydrogen-bond acceptors (Lipinski definition) is 2. The average molecular weight is 300 g/mol. The molecule has 1 aromatic carbocycles. The third-order valence-corrected chi connectivity index (χ3v) is 4.24. The second kappa shape index (κ2) is 6.22. The summed E-state index contributed by atoms with van der Waals surface area (Å²) in [6.45, 7) is 2.03. The van der Waals surface area contributed by atoms with Gasteiger partial charge in [-0.3, -0.25) is 9.59 Å². The summed E-state index contributed by atoms with van der Waals surface area (Å²) in [6, 6.07) is 7.86. The Morgan fingerprint density at radius 3 is 2.59 bits per heavy atom. The van der Waals surface area contributed by atoms with Crippen LogP contribution in [0.4, 0.5) is 0 Å². The number of para-hydroxylation sites is 1. The van der Waals surface area contributed by atoms with E-state index >= 15 is 0 Å². The second-order valence-electron chi connectivity index (χ2n) is 5.78. The van der Waals surface area contributed by atoms with E-state index in [9.17, 15) is 9.59 Å². The molecule has 22 heavy (non-hydrogen) atoms. The van der Waals surface area contributed by atoms with Crippen LogP contribution in [0.5, 0.6) is 0 Å². The number of aromatic nitrogens is 1. The van der Waals surface area contributed by atoms with Gasteiger partial charge in [0.05, 0.1) is 0 Å². The van der Waals surface area contributed by atoms with E-state index in [-0.39, 0.29) is 12.3 Å². The summed E-state index contributed by atoms with van der Waals surface area (Å²) in [4.78, 5) is 25.1. The first-order valence-corrected chi connectivity index (χ1v) is 7.71. The maximum atomic E-state index is 12.3. The molecule has 5 nitrogen and oxygen atoms in total. The Balaban J connectivity index is 1.85. The summed E-state index contributed by atoms with van der Waals surface area (Å²) in [6.07, 6.45) is 4.69. The van der Waals surface area contributed by atoms with Crippen LogP contribution in [0.15, 0.2) is 30.5 Å². The first-order valence-electron chi connectivity index (χ1n) is 7.71. The number of nitrogens with zero attached hydrogens (tertiary/aromatic N) is 2. The van der Waals surface area contributed by atoms with Gasteiger partial charge in [-0.2, -0.15) is 0 Å². The van der Waals surface area contributed by atoms with Gasteiger partial charge in [0.1, 0.15) is 6.54 Å². The third kappa shape index (κ3) is 2.98. The maximum Gasteiger partial charge on any atom is 0.303 e. The number of likely N-dealkylation sites (tertiary alicyclic amines) is 1. The zero-order valence-corrected chi connectivity index (χ0v) is 12.5. The van der Waals surface area contributed by atoms with Crippen molar-refractivity contribution in [1.29, 1.82) is 0 Å². The van der Waals surface area contributed by atoms with E-state index in [0.29, 0.717) is 13.0 Å². The lowest BCUT2D eigenvalue weighted by Gasteiger charge is -2.16. The summed E-state index contributed by atoms with van der Waals surface area (Å²) >= 11 is 0. The van der Waals surface area contributed by atoms with E-state index in [4.69, 9.17) is 5.11 Å². The van der Waals surface area contributed by atoms with Crippen LogP contribution in [0.3, 0.4) is 0 Å². The summed E-state index contributed by atoms with van der Waals surface area (Å²) in [5.74, 6) is -0.659. The normalized spacial score (nSPS) is 14.6. The molecule has 1 aliphatic rings. The van der Waals surface area contributed by atoms with Crippen LogP contribution in [-0.2, 0) is 22.6 Å². The van der Waals surface area contributed by atoms with Gasteiger partial charge in [0.15, 0.2) is 0 Å². The number of carbonyl (C=O) groups is 2. The number of aliphatic carboxylic acids is 1. The van der Waals surface area contributed by atoms with Gasteiger partial charge in [-0.25, -0.2) is 0 Å². The highest BCUT2D eigenvalue weighted by Gasteiger charge is 2.19. The van der Waals surface area contributed by atoms with Gasteiger partial charge in [0, 0.05) is 36.6 Å². The SMILES string of the molecule is O=C(O)CCc1cn(CC(=O)N2CCCC2)c2ccccc12. The van der Waals surface area contributed by atoms with Crippen molar-refractivity contribution in [2.45, 2.75) is 32.2 Å². The largest absolute Gasteiger partial charge is 0.481 e. The number of carboxylic acids is 1. The van der Waals surface area contributed by atoms with E-state index in [1.165, 1.54) is 0 Å². The molecular formula is C17H20N2O3. The quantitative estimate of drug-likeness (QED) is 0.921. The fourth-order valence-electron chi connectivity index (χ4n) is 3.11. The zero-order chi connectivity index (χ0) is 15.5. The minimum atomic E-state index is -0.801. The van der Waals surface area contributed by atoms with Gasteiger partial charge < -0.3 is 14.6 Å². The monoisotopic (exact) mass is 300 g/mol. The standard InChI is InChI=1S/C17H20N2O3/c20-16(18-9-3-4-10-18)12-19-11-13(7-8-17(21)22)14-5-1-2-6-15(14)19/h1-2,5-6,11H,3-4,7-10,12H2,(H,21,22). The van der Waals surface area contributed by atoms with Crippen LogP contribution in [0.25, 0.3) is 10.9 Å². The summed E-state index contributed by atoms with van der Waals surface area (Å²) in [5, 5.41) is 9.91. The van der Waals surface area contributed by atoms with Gasteiger partial charge in [0.25, 0.3) is 0 Å². The van der Waals surface area contributed by atoms with Crippen LogP contribution in [0.1, 0.15) is 24.8 Å². The van der Waals surface area contributed by atoms with Crippen LogP contribution in [-0.4, -0.2) is 39.5 Å². The number of hydrogen-bond donors (Lipinski definition) is 1. The smallest absolute Gasteiger partial charge is 0.303 e. The molecule has 5 heteroatoms. The van der Waals surface area contributed by atoms with Crippen molar-refractivity contribution in [2.24, 2.45) is 0 Å². The van der Waals surface area contributed by atoms with E-state index in [0.717, 1.165) is 42.4 Å². The molecule has 1 fully saturated rings. The molecule has 0 spiro atoms. The van der Waals surface area contributed by atoms with Gasteiger partial charge in [0.2, 0.25) is 5.91 Å². The van der Waals surface area contributed by atoms with Crippen LogP contribution < -0.4 is 0 Å². The van der Waals surface area contributed by atoms with Gasteiger partial charge in [-0.05, 0) is 30.9 Å². The van der Waals surface area contributed by atoms with Crippen molar-refractivity contribution in [3.63, 3.8) is 0 Å². The average Bonchev–Trinajstić information content (AvgIpc) is 3.14. The van der Waals surface area contributed by atoms with Crippen molar-refractivity contribution >= 4 is 22.8 Å². The Kier molecular flexibility index (Phi) is 4.13. The predicted octanol–water partition coefficient (Wildman–Crippen LogP) is 2.28. The number of benzene rings is 1. The summed E-state index contributed by atoms with van der Waals surface area (Å²) < 4.78 is 1.95. The van der Waals surface area contributed by atoms with E-state index in [2.05, 4.69) is 0 Å². The van der Waals surface area contributed by atoms with Gasteiger partial charge in [-0.1, -0.05) is 18.2 Å². The van der Waals surface area contributed by atoms with Crippen molar-refractivity contribution < 1.29 is 14.7 Å². The van der Waals surface area contributed by atoms with Crippen LogP contribution in [0.2, 0.25) is 0 Å². The first kappa shape index (κ1) is 14.6. The molecular weight excluding hydrogens is 280 g/mol. The highest BCUT2D eigenvalue weighted by atomic mass is 16.4. The molecule has 1 amide bonds. The van der Waals surface area contributed by atoms with E-state index < -0.39 is 5.97 Å².